The Morgan fingerprint density at radius 3 is 2.73 bits per heavy atom. The third kappa shape index (κ3) is 3.45. The number of anilines is 1. The summed E-state index contributed by atoms with van der Waals surface area (Å²) in [5.41, 5.74) is 1.44. The summed E-state index contributed by atoms with van der Waals surface area (Å²) in [5.74, 6) is 0.690. The van der Waals surface area contributed by atoms with Crippen LogP contribution in [0.4, 0.5) is 10.5 Å². The quantitative estimate of drug-likeness (QED) is 0.771. The minimum atomic E-state index is -0.340. The lowest BCUT2D eigenvalue weighted by Crippen LogP contribution is -2.28. The van der Waals surface area contributed by atoms with Gasteiger partial charge in [-0.2, -0.15) is 0 Å². The lowest BCUT2D eigenvalue weighted by atomic mass is 10.3. The highest BCUT2D eigenvalue weighted by atomic mass is 16.4. The van der Waals surface area contributed by atoms with Crippen molar-refractivity contribution in [3.05, 3.63) is 60.7 Å². The van der Waals surface area contributed by atoms with Crippen LogP contribution in [-0.2, 0) is 6.54 Å². The van der Waals surface area contributed by atoms with Crippen molar-refractivity contribution in [2.24, 2.45) is 0 Å². The molecule has 0 fully saturated rings. The smallest absolute Gasteiger partial charge is 0.319 e. The summed E-state index contributed by atoms with van der Waals surface area (Å²) in [6, 6.07) is 12.4. The molecule has 0 saturated heterocycles. The van der Waals surface area contributed by atoms with E-state index in [9.17, 15) is 4.79 Å². The molecule has 0 saturated carbocycles. The molecule has 2 amide bonds. The number of benzene rings is 1. The SMILES string of the molecule is O=C(NCc1nnc(-c2cccnc2)o1)Nc1ccccc1. The van der Waals surface area contributed by atoms with Crippen LogP contribution in [0.15, 0.2) is 59.3 Å². The Morgan fingerprint density at radius 2 is 1.95 bits per heavy atom. The molecule has 0 aliphatic heterocycles. The highest BCUT2D eigenvalue weighted by Gasteiger charge is 2.09. The summed E-state index contributed by atoms with van der Waals surface area (Å²) in [7, 11) is 0. The third-order valence-corrected chi connectivity index (χ3v) is 2.81. The molecule has 2 N–H and O–H groups in total. The third-order valence-electron chi connectivity index (χ3n) is 2.81. The molecule has 22 heavy (non-hydrogen) atoms. The summed E-state index contributed by atoms with van der Waals surface area (Å²) < 4.78 is 5.47. The Labute approximate surface area is 126 Å². The van der Waals surface area contributed by atoms with Crippen molar-refractivity contribution in [1.82, 2.24) is 20.5 Å². The summed E-state index contributed by atoms with van der Waals surface area (Å²) in [5, 5.41) is 13.2. The van der Waals surface area contributed by atoms with E-state index >= 15 is 0 Å². The molecule has 0 aliphatic rings. The molecule has 3 aromatic rings. The van der Waals surface area contributed by atoms with Gasteiger partial charge in [-0.05, 0) is 24.3 Å². The van der Waals surface area contributed by atoms with Crippen LogP contribution in [0, 0.1) is 0 Å². The number of nitrogens with one attached hydrogen (secondary N) is 2. The highest BCUT2D eigenvalue weighted by Crippen LogP contribution is 2.15. The minimum Gasteiger partial charge on any atom is -0.419 e. The number of para-hydroxylation sites is 1. The maximum atomic E-state index is 11.7. The number of amides is 2. The van der Waals surface area contributed by atoms with Crippen LogP contribution in [-0.4, -0.2) is 21.2 Å². The molecule has 110 valence electrons. The van der Waals surface area contributed by atoms with Crippen LogP contribution < -0.4 is 10.6 Å². The van der Waals surface area contributed by atoms with E-state index in [1.807, 2.05) is 24.3 Å². The monoisotopic (exact) mass is 295 g/mol. The number of aromatic nitrogens is 3. The summed E-state index contributed by atoms with van der Waals surface area (Å²) in [6.07, 6.45) is 3.29. The van der Waals surface area contributed by atoms with Crippen LogP contribution in [0.25, 0.3) is 11.5 Å². The number of carbonyl (C=O) groups is 1. The van der Waals surface area contributed by atoms with Gasteiger partial charge in [0.2, 0.25) is 11.8 Å². The molecule has 0 atom stereocenters. The number of nitrogens with zero attached hydrogens (tertiary/aromatic N) is 3. The zero-order chi connectivity index (χ0) is 15.2. The van der Waals surface area contributed by atoms with E-state index in [4.69, 9.17) is 4.42 Å². The maximum absolute atomic E-state index is 11.7. The average Bonchev–Trinajstić information content (AvgIpc) is 3.04. The second-order valence-corrected chi connectivity index (χ2v) is 4.42. The molecule has 0 unspecified atom stereocenters. The first-order valence-electron chi connectivity index (χ1n) is 6.64. The number of carbonyl (C=O) groups excluding carboxylic acids is 1. The van der Waals surface area contributed by atoms with Gasteiger partial charge in [-0.3, -0.25) is 4.98 Å². The van der Waals surface area contributed by atoms with Gasteiger partial charge in [0.25, 0.3) is 0 Å². The van der Waals surface area contributed by atoms with E-state index < -0.39 is 0 Å². The molecule has 2 heterocycles. The number of hydrogen-bond donors (Lipinski definition) is 2. The van der Waals surface area contributed by atoms with Crippen LogP contribution in [0.3, 0.4) is 0 Å². The zero-order valence-electron chi connectivity index (χ0n) is 11.6. The Bertz CT molecular complexity index is 743. The summed E-state index contributed by atoms with van der Waals surface area (Å²) in [4.78, 5) is 15.7. The van der Waals surface area contributed by atoms with E-state index in [1.165, 1.54) is 0 Å². The Morgan fingerprint density at radius 1 is 1.09 bits per heavy atom. The molecule has 0 radical (unpaired) electrons. The zero-order valence-corrected chi connectivity index (χ0v) is 11.6. The van der Waals surface area contributed by atoms with Crippen LogP contribution >= 0.6 is 0 Å². The number of urea groups is 1. The molecule has 0 spiro atoms. The molecule has 2 aromatic heterocycles. The first-order chi connectivity index (χ1) is 10.8. The molecule has 0 bridgehead atoms. The van der Waals surface area contributed by atoms with Crippen molar-refractivity contribution in [2.75, 3.05) is 5.32 Å². The number of pyridine rings is 1. The van der Waals surface area contributed by atoms with Gasteiger partial charge in [0, 0.05) is 18.1 Å². The van der Waals surface area contributed by atoms with Gasteiger partial charge in [-0.15, -0.1) is 10.2 Å². The van der Waals surface area contributed by atoms with Gasteiger partial charge in [-0.25, -0.2) is 4.79 Å². The fourth-order valence-electron chi connectivity index (χ4n) is 1.78. The maximum Gasteiger partial charge on any atom is 0.319 e. The second kappa shape index (κ2) is 6.49. The van der Waals surface area contributed by atoms with Crippen molar-refractivity contribution in [1.29, 1.82) is 0 Å². The number of rotatable bonds is 4. The lowest BCUT2D eigenvalue weighted by molar-refractivity contribution is 0.250. The first kappa shape index (κ1) is 13.7. The Hall–Kier alpha value is -3.22. The van der Waals surface area contributed by atoms with E-state index in [1.54, 1.807) is 30.6 Å². The van der Waals surface area contributed by atoms with Gasteiger partial charge in [0.1, 0.15) is 0 Å². The predicted molar refractivity (Wildman–Crippen MR) is 79.8 cm³/mol. The molecule has 7 nitrogen and oxygen atoms in total. The van der Waals surface area contributed by atoms with Crippen LogP contribution in [0.5, 0.6) is 0 Å². The van der Waals surface area contributed by atoms with Gasteiger partial charge in [0.15, 0.2) is 0 Å². The van der Waals surface area contributed by atoms with Crippen LogP contribution in [0.2, 0.25) is 0 Å². The van der Waals surface area contributed by atoms with Crippen molar-refractivity contribution >= 4 is 11.7 Å². The first-order valence-corrected chi connectivity index (χ1v) is 6.64. The molecule has 7 heteroatoms. The van der Waals surface area contributed by atoms with E-state index in [0.29, 0.717) is 17.5 Å². The molecule has 3 rings (SSSR count). The van der Waals surface area contributed by atoms with Crippen molar-refractivity contribution in [3.8, 4) is 11.5 Å². The van der Waals surface area contributed by atoms with Crippen LogP contribution in [0.1, 0.15) is 5.89 Å². The molecule has 0 aliphatic carbocycles. The fourth-order valence-corrected chi connectivity index (χ4v) is 1.78. The van der Waals surface area contributed by atoms with Gasteiger partial charge >= 0.3 is 6.03 Å². The largest absolute Gasteiger partial charge is 0.419 e. The predicted octanol–water partition coefficient (Wildman–Crippen LogP) is 2.45. The molecular weight excluding hydrogens is 282 g/mol. The minimum absolute atomic E-state index is 0.145. The highest BCUT2D eigenvalue weighted by molar-refractivity contribution is 5.89. The summed E-state index contributed by atoms with van der Waals surface area (Å²) >= 11 is 0. The standard InChI is InChI=1S/C15H13N5O2/c21-15(18-12-6-2-1-3-7-12)17-10-13-19-20-14(22-13)11-5-4-8-16-9-11/h1-9H,10H2,(H2,17,18,21). The van der Waals surface area contributed by atoms with Gasteiger partial charge in [0.05, 0.1) is 12.1 Å². The average molecular weight is 295 g/mol. The molecule has 1 aromatic carbocycles. The van der Waals surface area contributed by atoms with E-state index in [0.717, 1.165) is 5.56 Å². The second-order valence-electron chi connectivity index (χ2n) is 4.42. The van der Waals surface area contributed by atoms with Gasteiger partial charge in [-0.1, -0.05) is 18.2 Å². The lowest BCUT2D eigenvalue weighted by Gasteiger charge is -2.05. The molecular formula is C15H13N5O2. The topological polar surface area (TPSA) is 92.9 Å². The number of hydrogen-bond acceptors (Lipinski definition) is 5. The van der Waals surface area contributed by atoms with Crippen molar-refractivity contribution < 1.29 is 9.21 Å². The normalized spacial score (nSPS) is 10.2. The van der Waals surface area contributed by atoms with Crippen molar-refractivity contribution in [2.45, 2.75) is 6.54 Å². The van der Waals surface area contributed by atoms with Crippen molar-refractivity contribution in [3.63, 3.8) is 0 Å². The Kier molecular flexibility index (Phi) is 4.05. The van der Waals surface area contributed by atoms with E-state index in [2.05, 4.69) is 25.8 Å². The van der Waals surface area contributed by atoms with E-state index in [-0.39, 0.29) is 12.6 Å². The Balaban J connectivity index is 1.56. The fraction of sp³-hybridized carbons (Fsp3) is 0.0667. The summed E-state index contributed by atoms with van der Waals surface area (Å²) in [6.45, 7) is 0.145. The van der Waals surface area contributed by atoms with Gasteiger partial charge < -0.3 is 15.1 Å².